The summed E-state index contributed by atoms with van der Waals surface area (Å²) in [4.78, 5) is 0. The Labute approximate surface area is 133 Å². The lowest BCUT2D eigenvalue weighted by Crippen LogP contribution is -2.61. The van der Waals surface area contributed by atoms with E-state index in [2.05, 4.69) is 0 Å². The molecule has 3 fully saturated rings. The van der Waals surface area contributed by atoms with Gasteiger partial charge in [0.2, 0.25) is 0 Å². The lowest BCUT2D eigenvalue weighted by Gasteiger charge is -2.44. The zero-order valence-corrected chi connectivity index (χ0v) is 12.7. The van der Waals surface area contributed by atoms with E-state index in [0.29, 0.717) is 6.61 Å². The first-order chi connectivity index (χ1) is 10.8. The zero-order chi connectivity index (χ0) is 15.1. The second kappa shape index (κ2) is 5.75. The Kier molecular flexibility index (Phi) is 3.75. The summed E-state index contributed by atoms with van der Waals surface area (Å²) in [5.74, 6) is 0. The van der Waals surface area contributed by atoms with E-state index in [-0.39, 0.29) is 23.5 Å². The highest BCUT2D eigenvalue weighted by Crippen LogP contribution is 2.38. The van der Waals surface area contributed by atoms with Crippen LogP contribution in [0.1, 0.15) is 11.9 Å². The normalized spacial score (nSPS) is 40.3. The number of rotatable bonds is 2. The molecule has 1 aromatic rings. The van der Waals surface area contributed by atoms with Crippen LogP contribution in [0, 0.1) is 0 Å². The van der Waals surface area contributed by atoms with E-state index in [1.807, 2.05) is 30.3 Å². The fraction of sp³-hybridized carbons (Fsp3) is 0.533. The van der Waals surface area contributed by atoms with E-state index in [1.54, 1.807) is 7.11 Å². The Hall–Kier alpha value is -1.25. The van der Waals surface area contributed by atoms with Crippen molar-refractivity contribution in [3.05, 3.63) is 35.9 Å². The smallest absolute Gasteiger partial charge is 0.353 e. The van der Waals surface area contributed by atoms with Crippen LogP contribution in [0.4, 0.5) is 0 Å². The Balaban J connectivity index is 1.56. The molecule has 0 spiro atoms. The van der Waals surface area contributed by atoms with Crippen LogP contribution in [-0.4, -0.2) is 49.7 Å². The second-order valence-corrected chi connectivity index (χ2v) is 5.70. The Morgan fingerprint density at radius 1 is 1.05 bits per heavy atom. The fourth-order valence-electron chi connectivity index (χ4n) is 3.03. The van der Waals surface area contributed by atoms with Crippen LogP contribution in [0.5, 0.6) is 0 Å². The van der Waals surface area contributed by atoms with Crippen molar-refractivity contribution in [2.24, 2.45) is 0 Å². The Morgan fingerprint density at radius 2 is 1.82 bits per heavy atom. The van der Waals surface area contributed by atoms with E-state index < -0.39 is 18.7 Å². The molecule has 0 bridgehead atoms. The molecule has 0 aliphatic carbocycles. The molecular formula is C15H16O6S. The summed E-state index contributed by atoms with van der Waals surface area (Å²) in [7, 11) is 1.56. The summed E-state index contributed by atoms with van der Waals surface area (Å²) in [6.45, 7) is 0.392. The summed E-state index contributed by atoms with van der Waals surface area (Å²) in [6.07, 6.45) is -2.39. The van der Waals surface area contributed by atoms with E-state index in [9.17, 15) is 0 Å². The van der Waals surface area contributed by atoms with Crippen molar-refractivity contribution in [2.45, 2.75) is 37.0 Å². The van der Waals surface area contributed by atoms with Crippen molar-refractivity contribution in [3.8, 4) is 0 Å². The fourth-order valence-corrected chi connectivity index (χ4v) is 3.25. The van der Waals surface area contributed by atoms with Crippen molar-refractivity contribution in [1.29, 1.82) is 0 Å². The van der Waals surface area contributed by atoms with Gasteiger partial charge in [-0.15, -0.1) is 0 Å². The van der Waals surface area contributed by atoms with Gasteiger partial charge >= 0.3 is 5.24 Å². The zero-order valence-electron chi connectivity index (χ0n) is 11.9. The van der Waals surface area contributed by atoms with Gasteiger partial charge in [-0.05, 0) is 0 Å². The average molecular weight is 324 g/mol. The molecule has 0 saturated carbocycles. The minimum atomic E-state index is -0.549. The van der Waals surface area contributed by atoms with E-state index >= 15 is 0 Å². The van der Waals surface area contributed by atoms with Gasteiger partial charge in [0.25, 0.3) is 0 Å². The van der Waals surface area contributed by atoms with Crippen LogP contribution >= 0.6 is 12.2 Å². The maximum Gasteiger partial charge on any atom is 0.353 e. The number of ether oxygens (including phenoxy) is 6. The first-order valence-electron chi connectivity index (χ1n) is 7.14. The third kappa shape index (κ3) is 2.39. The van der Waals surface area contributed by atoms with Crippen LogP contribution in [0.15, 0.2) is 30.3 Å². The molecule has 118 valence electrons. The maximum absolute atomic E-state index is 6.06. The summed E-state index contributed by atoms with van der Waals surface area (Å²) in [5.41, 5.74) is 0.952. The van der Waals surface area contributed by atoms with Gasteiger partial charge in [-0.25, -0.2) is 0 Å². The minimum absolute atomic E-state index is 0.104. The molecule has 0 amide bonds. The summed E-state index contributed by atoms with van der Waals surface area (Å²) in [6, 6.07) is 9.76. The Bertz CT molecular complexity index is 552. The van der Waals surface area contributed by atoms with Crippen molar-refractivity contribution in [1.82, 2.24) is 0 Å². The second-order valence-electron chi connectivity index (χ2n) is 5.37. The molecule has 1 unspecified atom stereocenters. The largest absolute Gasteiger partial charge is 0.446 e. The molecule has 3 saturated heterocycles. The molecule has 0 radical (unpaired) electrons. The number of thiocarbonyl (C=S) groups is 1. The van der Waals surface area contributed by atoms with Crippen molar-refractivity contribution in [3.63, 3.8) is 0 Å². The van der Waals surface area contributed by atoms with E-state index in [4.69, 9.17) is 40.6 Å². The first kappa shape index (κ1) is 14.3. The Morgan fingerprint density at radius 3 is 2.59 bits per heavy atom. The quantitative estimate of drug-likeness (QED) is 0.765. The molecule has 3 heterocycles. The lowest BCUT2D eigenvalue weighted by atomic mass is 9.98. The third-order valence-corrected chi connectivity index (χ3v) is 4.24. The summed E-state index contributed by atoms with van der Waals surface area (Å²) >= 11 is 5.01. The molecule has 22 heavy (non-hydrogen) atoms. The number of fused-ring (bicyclic) bond motifs is 3. The van der Waals surface area contributed by atoms with Gasteiger partial charge < -0.3 is 28.4 Å². The van der Waals surface area contributed by atoms with Gasteiger partial charge in [0, 0.05) is 24.9 Å². The molecule has 4 rings (SSSR count). The van der Waals surface area contributed by atoms with E-state index in [1.165, 1.54) is 0 Å². The third-order valence-electron chi connectivity index (χ3n) is 4.05. The molecule has 6 nitrogen and oxygen atoms in total. The summed E-state index contributed by atoms with van der Waals surface area (Å²) in [5, 5.41) is 0.104. The molecular weight excluding hydrogens is 308 g/mol. The number of hydrogen-bond acceptors (Lipinski definition) is 7. The van der Waals surface area contributed by atoms with Crippen molar-refractivity contribution in [2.75, 3.05) is 13.7 Å². The summed E-state index contributed by atoms with van der Waals surface area (Å²) < 4.78 is 34.1. The van der Waals surface area contributed by atoms with Crippen LogP contribution in [0.2, 0.25) is 0 Å². The molecule has 0 aromatic heterocycles. The number of hydrogen-bond donors (Lipinski definition) is 0. The average Bonchev–Trinajstić information content (AvgIpc) is 2.96. The standard InChI is InChI=1S/C15H16O6S/c1-16-14-12-11(20-15(22)21-12)10-9(18-14)7-17-13(19-10)8-5-3-2-4-6-8/h2-6,9-14H,7H2,1H3/t9-,10-,11+,12+,13?,14+/m1/s1. The van der Waals surface area contributed by atoms with Gasteiger partial charge in [0.1, 0.15) is 12.2 Å². The molecule has 3 aliphatic heterocycles. The predicted molar refractivity (Wildman–Crippen MR) is 78.0 cm³/mol. The van der Waals surface area contributed by atoms with Gasteiger partial charge in [-0.2, -0.15) is 0 Å². The van der Waals surface area contributed by atoms with Crippen molar-refractivity contribution >= 4 is 17.5 Å². The molecule has 0 N–H and O–H groups in total. The highest BCUT2D eigenvalue weighted by molar-refractivity contribution is 7.79. The van der Waals surface area contributed by atoms with Crippen LogP contribution in [0.3, 0.4) is 0 Å². The molecule has 3 aliphatic rings. The first-order valence-corrected chi connectivity index (χ1v) is 7.54. The number of methoxy groups -OCH3 is 1. The predicted octanol–water partition coefficient (Wildman–Crippen LogP) is 1.54. The van der Waals surface area contributed by atoms with Gasteiger partial charge in [0.15, 0.2) is 24.8 Å². The highest BCUT2D eigenvalue weighted by atomic mass is 32.1. The van der Waals surface area contributed by atoms with Crippen LogP contribution in [-0.2, 0) is 28.4 Å². The molecule has 6 atom stereocenters. The van der Waals surface area contributed by atoms with Gasteiger partial charge in [-0.3, -0.25) is 0 Å². The van der Waals surface area contributed by atoms with Crippen molar-refractivity contribution < 1.29 is 28.4 Å². The maximum atomic E-state index is 6.06. The number of benzene rings is 1. The van der Waals surface area contributed by atoms with Crippen LogP contribution in [0.25, 0.3) is 0 Å². The van der Waals surface area contributed by atoms with Gasteiger partial charge in [-0.1, -0.05) is 30.3 Å². The van der Waals surface area contributed by atoms with Crippen LogP contribution < -0.4 is 0 Å². The minimum Gasteiger partial charge on any atom is -0.446 e. The van der Waals surface area contributed by atoms with Gasteiger partial charge in [0.05, 0.1) is 6.61 Å². The monoisotopic (exact) mass is 324 g/mol. The molecule has 7 heteroatoms. The highest BCUT2D eigenvalue weighted by Gasteiger charge is 2.56. The topological polar surface area (TPSA) is 55.4 Å². The SMILES string of the molecule is CO[C@H]1O[C@@H]2COC(c3ccccc3)O[C@H]2[C@@H]2OC(=S)O[C@H]12. The lowest BCUT2D eigenvalue weighted by molar-refractivity contribution is -0.343. The van der Waals surface area contributed by atoms with E-state index in [0.717, 1.165) is 5.56 Å². The molecule has 1 aromatic carbocycles.